The number of rotatable bonds is 8. The molecule has 5 nitrogen and oxygen atoms in total. The van der Waals surface area contributed by atoms with Gasteiger partial charge in [-0.3, -0.25) is 9.99 Å². The summed E-state index contributed by atoms with van der Waals surface area (Å²) >= 11 is 1.02. The first kappa shape index (κ1) is 19.4. The smallest absolute Gasteiger partial charge is 0.780 e. The molecule has 0 aromatic rings. The average Bonchev–Trinajstić information content (AvgIpc) is 2.34. The summed E-state index contributed by atoms with van der Waals surface area (Å²) in [6, 6.07) is 0. The van der Waals surface area contributed by atoms with E-state index in [1.165, 1.54) is 0 Å². The molecule has 0 spiro atoms. The van der Waals surface area contributed by atoms with Crippen LogP contribution in [0.3, 0.4) is 0 Å². The monoisotopic (exact) mass is 304 g/mol. The Morgan fingerprint density at radius 3 is 2.72 bits per heavy atom. The maximum Gasteiger partial charge on any atom is 1.00 e. The molecule has 18 heavy (non-hydrogen) atoms. The molecule has 1 atom stereocenters. The Kier molecular flexibility index (Phi) is 12.0. The van der Waals surface area contributed by atoms with E-state index in [2.05, 4.69) is 9.99 Å². The van der Waals surface area contributed by atoms with Crippen LogP contribution in [-0.4, -0.2) is 50.0 Å². The van der Waals surface area contributed by atoms with E-state index in [0.717, 1.165) is 57.1 Å². The van der Waals surface area contributed by atoms with Crippen molar-refractivity contribution in [3.8, 4) is 0 Å². The van der Waals surface area contributed by atoms with Crippen molar-refractivity contribution >= 4 is 18.1 Å². The van der Waals surface area contributed by atoms with E-state index in [4.69, 9.17) is 4.74 Å². The molecule has 0 aromatic carbocycles. The SMILES string of the molecule is CCCSP(=O)([O-])NCCCN1CCOCC1.[Na+]. The van der Waals surface area contributed by atoms with Crippen molar-refractivity contribution in [2.24, 2.45) is 0 Å². The van der Waals surface area contributed by atoms with Crippen LogP contribution in [0.4, 0.5) is 0 Å². The molecule has 1 saturated heterocycles. The second-order valence-electron chi connectivity index (χ2n) is 4.05. The van der Waals surface area contributed by atoms with Gasteiger partial charge < -0.3 is 14.2 Å². The zero-order valence-corrected chi connectivity index (χ0v) is 15.1. The standard InChI is InChI=1S/C10H23N2O3PS.Na/c1-2-10-17-16(13,14)11-4-3-5-12-6-8-15-9-7-12;/h2-10H2,1H3,(H2,11,13,14);/q;+1/p-1. The molecule has 0 radical (unpaired) electrons. The quantitative estimate of drug-likeness (QED) is 0.315. The summed E-state index contributed by atoms with van der Waals surface area (Å²) in [5, 5.41) is 2.64. The van der Waals surface area contributed by atoms with Crippen LogP contribution in [0.1, 0.15) is 19.8 Å². The van der Waals surface area contributed by atoms with Crippen molar-refractivity contribution in [3.63, 3.8) is 0 Å². The van der Waals surface area contributed by atoms with Crippen molar-refractivity contribution in [1.82, 2.24) is 9.99 Å². The fourth-order valence-electron chi connectivity index (χ4n) is 1.60. The van der Waals surface area contributed by atoms with Gasteiger partial charge in [-0.15, -0.1) is 0 Å². The van der Waals surface area contributed by atoms with E-state index in [1.54, 1.807) is 0 Å². The molecule has 0 aliphatic carbocycles. The summed E-state index contributed by atoms with van der Waals surface area (Å²) in [6.45, 7) is 3.55. The third-order valence-electron chi connectivity index (χ3n) is 2.53. The zero-order chi connectivity index (χ0) is 12.6. The topological polar surface area (TPSA) is 64.6 Å². The van der Waals surface area contributed by atoms with Gasteiger partial charge in [-0.2, -0.15) is 0 Å². The van der Waals surface area contributed by atoms with Crippen LogP contribution in [0.5, 0.6) is 0 Å². The van der Waals surface area contributed by atoms with Gasteiger partial charge in [-0.1, -0.05) is 18.3 Å². The Morgan fingerprint density at radius 1 is 1.44 bits per heavy atom. The van der Waals surface area contributed by atoms with Crippen molar-refractivity contribution < 1.29 is 43.8 Å². The van der Waals surface area contributed by atoms with Crippen molar-refractivity contribution in [2.75, 3.05) is 45.1 Å². The second kappa shape index (κ2) is 11.1. The largest absolute Gasteiger partial charge is 1.00 e. The van der Waals surface area contributed by atoms with E-state index in [1.807, 2.05) is 6.92 Å². The first-order chi connectivity index (χ1) is 8.14. The Morgan fingerprint density at radius 2 is 2.11 bits per heavy atom. The number of hydrogen-bond donors (Lipinski definition) is 1. The van der Waals surface area contributed by atoms with Crippen LogP contribution in [0, 0.1) is 0 Å². The van der Waals surface area contributed by atoms with E-state index in [9.17, 15) is 9.46 Å². The van der Waals surface area contributed by atoms with Crippen molar-refractivity contribution in [3.05, 3.63) is 0 Å². The molecule has 1 fully saturated rings. The third kappa shape index (κ3) is 9.34. The summed E-state index contributed by atoms with van der Waals surface area (Å²) in [4.78, 5) is 13.8. The van der Waals surface area contributed by atoms with Gasteiger partial charge in [0.25, 0.3) is 0 Å². The van der Waals surface area contributed by atoms with E-state index in [0.29, 0.717) is 12.3 Å². The minimum absolute atomic E-state index is 0. The molecule has 102 valence electrons. The van der Waals surface area contributed by atoms with Gasteiger partial charge in [0.05, 0.1) is 13.2 Å². The van der Waals surface area contributed by atoms with Crippen molar-refractivity contribution in [2.45, 2.75) is 19.8 Å². The molecular weight excluding hydrogens is 282 g/mol. The second-order valence-corrected chi connectivity index (χ2v) is 8.24. The molecular formula is C10H22N2NaO3PS. The number of morpholine rings is 1. The molecule has 0 saturated carbocycles. The summed E-state index contributed by atoms with van der Waals surface area (Å²) in [5.41, 5.74) is 0. The van der Waals surface area contributed by atoms with Crippen LogP contribution in [-0.2, 0) is 9.30 Å². The van der Waals surface area contributed by atoms with Gasteiger partial charge in [0.15, 0.2) is 0 Å². The maximum absolute atomic E-state index is 11.5. The number of ether oxygens (including phenoxy) is 1. The van der Waals surface area contributed by atoms with Gasteiger partial charge >= 0.3 is 29.6 Å². The Bertz CT molecular complexity index is 255. The Hall–Kier alpha value is 1.42. The molecule has 0 aromatic heterocycles. The predicted molar refractivity (Wildman–Crippen MR) is 70.2 cm³/mol. The third-order valence-corrected chi connectivity index (χ3v) is 6.02. The molecule has 1 heterocycles. The molecule has 8 heteroatoms. The van der Waals surface area contributed by atoms with Gasteiger partial charge in [0.2, 0.25) is 0 Å². The minimum Gasteiger partial charge on any atom is -0.780 e. The van der Waals surface area contributed by atoms with Gasteiger partial charge in [-0.05, 0) is 19.4 Å². The Labute approximate surface area is 136 Å². The molecule has 1 N–H and O–H groups in total. The van der Waals surface area contributed by atoms with Crippen LogP contribution in [0.25, 0.3) is 0 Å². The van der Waals surface area contributed by atoms with E-state index >= 15 is 0 Å². The predicted octanol–water partition coefficient (Wildman–Crippen LogP) is -2.09. The number of hydrogen-bond acceptors (Lipinski definition) is 5. The zero-order valence-electron chi connectivity index (χ0n) is 11.4. The van der Waals surface area contributed by atoms with Crippen LogP contribution in [0.15, 0.2) is 0 Å². The summed E-state index contributed by atoms with van der Waals surface area (Å²) in [6.07, 6.45) is 1.74. The maximum atomic E-state index is 11.5. The normalized spacial score (nSPS) is 20.1. The molecule has 1 aliphatic rings. The first-order valence-electron chi connectivity index (χ1n) is 6.15. The average molecular weight is 304 g/mol. The summed E-state index contributed by atoms with van der Waals surface area (Å²) in [7, 11) is 0. The minimum atomic E-state index is -3.41. The fraction of sp³-hybridized carbons (Fsp3) is 1.00. The van der Waals surface area contributed by atoms with E-state index < -0.39 is 6.72 Å². The number of nitrogens with zero attached hydrogens (tertiary/aromatic N) is 1. The van der Waals surface area contributed by atoms with Crippen LogP contribution >= 0.6 is 18.1 Å². The Balaban J connectivity index is 0.00000289. The van der Waals surface area contributed by atoms with Gasteiger partial charge in [0, 0.05) is 25.4 Å². The fourth-order valence-corrected chi connectivity index (χ4v) is 4.36. The van der Waals surface area contributed by atoms with E-state index in [-0.39, 0.29) is 29.6 Å². The summed E-state index contributed by atoms with van der Waals surface area (Å²) in [5.74, 6) is 0.664. The van der Waals surface area contributed by atoms with Crippen molar-refractivity contribution in [1.29, 1.82) is 0 Å². The van der Waals surface area contributed by atoms with Gasteiger partial charge in [0.1, 0.15) is 6.72 Å². The van der Waals surface area contributed by atoms with Crippen LogP contribution < -0.4 is 39.5 Å². The molecule has 1 unspecified atom stereocenters. The molecule has 0 amide bonds. The van der Waals surface area contributed by atoms with Crippen LogP contribution in [0.2, 0.25) is 0 Å². The van der Waals surface area contributed by atoms with Gasteiger partial charge in [-0.25, -0.2) is 0 Å². The first-order valence-corrected chi connectivity index (χ1v) is 9.36. The number of nitrogens with one attached hydrogen (secondary N) is 1. The molecule has 0 bridgehead atoms. The summed E-state index contributed by atoms with van der Waals surface area (Å²) < 4.78 is 16.7. The molecule has 1 aliphatic heterocycles. The molecule has 1 rings (SSSR count).